The van der Waals surface area contributed by atoms with E-state index in [-0.39, 0.29) is 5.88 Å². The highest BCUT2D eigenvalue weighted by Gasteiger charge is 2.28. The molecule has 0 unspecified atom stereocenters. The number of hydrogen-bond donors (Lipinski definition) is 1. The lowest BCUT2D eigenvalue weighted by molar-refractivity contribution is 0.0108. The van der Waals surface area contributed by atoms with Crippen LogP contribution in [-0.4, -0.2) is 24.6 Å². The zero-order valence-electron chi connectivity index (χ0n) is 7.84. The summed E-state index contributed by atoms with van der Waals surface area (Å²) in [6, 6.07) is 3.14. The second-order valence-corrected chi connectivity index (χ2v) is 2.91. The highest BCUT2D eigenvalue weighted by atomic mass is 19.3. The van der Waals surface area contributed by atoms with Crippen molar-refractivity contribution in [3.63, 3.8) is 0 Å². The summed E-state index contributed by atoms with van der Waals surface area (Å²) in [5.74, 6) is -2.68. The van der Waals surface area contributed by atoms with E-state index in [1.54, 1.807) is 12.1 Å². The van der Waals surface area contributed by atoms with Crippen LogP contribution in [0.3, 0.4) is 0 Å². The van der Waals surface area contributed by atoms with Crippen LogP contribution in [0.2, 0.25) is 0 Å². The Hall–Kier alpha value is -1.23. The van der Waals surface area contributed by atoms with E-state index in [0.29, 0.717) is 5.56 Å². The van der Waals surface area contributed by atoms with Gasteiger partial charge in [0.25, 0.3) is 5.92 Å². The molecule has 0 atom stereocenters. The van der Waals surface area contributed by atoms with Crippen LogP contribution in [0.1, 0.15) is 5.56 Å². The minimum absolute atomic E-state index is 0.223. The van der Waals surface area contributed by atoms with Gasteiger partial charge in [0.15, 0.2) is 0 Å². The molecule has 0 aliphatic heterocycles. The summed E-state index contributed by atoms with van der Waals surface area (Å²) in [5, 5.41) is 0. The van der Waals surface area contributed by atoms with Crippen molar-refractivity contribution >= 4 is 0 Å². The van der Waals surface area contributed by atoms with Crippen LogP contribution in [0.4, 0.5) is 8.78 Å². The van der Waals surface area contributed by atoms with Crippen LogP contribution in [0.25, 0.3) is 0 Å². The number of aromatic nitrogens is 1. The molecule has 1 aromatic rings. The summed E-state index contributed by atoms with van der Waals surface area (Å²) < 4.78 is 30.7. The number of ether oxygens (including phenoxy) is 1. The van der Waals surface area contributed by atoms with Crippen LogP contribution >= 0.6 is 0 Å². The fourth-order valence-electron chi connectivity index (χ4n) is 1.09. The van der Waals surface area contributed by atoms with Crippen LogP contribution in [0, 0.1) is 0 Å². The monoisotopic (exact) mass is 202 g/mol. The van der Waals surface area contributed by atoms with E-state index in [1.807, 2.05) is 0 Å². The molecular weight excluding hydrogens is 190 g/mol. The van der Waals surface area contributed by atoms with Gasteiger partial charge in [0.1, 0.15) is 0 Å². The fourth-order valence-corrected chi connectivity index (χ4v) is 1.09. The van der Waals surface area contributed by atoms with E-state index in [9.17, 15) is 8.78 Å². The molecule has 1 aromatic heterocycles. The lowest BCUT2D eigenvalue weighted by Crippen LogP contribution is -2.30. The van der Waals surface area contributed by atoms with Gasteiger partial charge in [-0.15, -0.1) is 0 Å². The Balaban J connectivity index is 2.85. The molecule has 0 aliphatic carbocycles. The van der Waals surface area contributed by atoms with Crippen molar-refractivity contribution < 1.29 is 13.5 Å². The average Bonchev–Trinajstić information content (AvgIpc) is 2.18. The number of nitrogens with zero attached hydrogens (tertiary/aromatic N) is 1. The zero-order valence-corrected chi connectivity index (χ0v) is 7.84. The van der Waals surface area contributed by atoms with E-state index in [2.05, 4.69) is 4.98 Å². The molecule has 0 bridgehead atoms. The summed E-state index contributed by atoms with van der Waals surface area (Å²) in [7, 11) is 1.40. The second-order valence-electron chi connectivity index (χ2n) is 2.91. The Bertz CT molecular complexity index is 305. The van der Waals surface area contributed by atoms with Gasteiger partial charge < -0.3 is 10.5 Å². The molecule has 78 valence electrons. The second kappa shape index (κ2) is 4.32. The van der Waals surface area contributed by atoms with Crippen LogP contribution < -0.4 is 10.5 Å². The topological polar surface area (TPSA) is 48.1 Å². The van der Waals surface area contributed by atoms with E-state index in [0.717, 1.165) is 0 Å². The van der Waals surface area contributed by atoms with Gasteiger partial charge in [-0.2, -0.15) is 0 Å². The third-order valence-electron chi connectivity index (χ3n) is 1.79. The quantitative estimate of drug-likeness (QED) is 0.798. The van der Waals surface area contributed by atoms with E-state index < -0.39 is 18.9 Å². The molecule has 1 heterocycles. The third kappa shape index (κ3) is 2.63. The van der Waals surface area contributed by atoms with Gasteiger partial charge in [0.2, 0.25) is 5.88 Å². The Labute approximate surface area is 80.9 Å². The standard InChI is InChI=1S/C9H12F2N2O/c1-14-8-7(3-2-4-13-8)5-9(10,11)6-12/h2-4H,5-6,12H2,1H3. The summed E-state index contributed by atoms with van der Waals surface area (Å²) in [6.07, 6.45) is 1.05. The van der Waals surface area contributed by atoms with Gasteiger partial charge in [0, 0.05) is 18.2 Å². The highest BCUT2D eigenvalue weighted by Crippen LogP contribution is 2.23. The van der Waals surface area contributed by atoms with Crippen molar-refractivity contribution in [2.75, 3.05) is 13.7 Å². The molecule has 5 heteroatoms. The summed E-state index contributed by atoms with van der Waals surface area (Å²) in [4.78, 5) is 3.82. The van der Waals surface area contributed by atoms with Gasteiger partial charge >= 0.3 is 0 Å². The average molecular weight is 202 g/mol. The van der Waals surface area contributed by atoms with Gasteiger partial charge in [0.05, 0.1) is 13.7 Å². The first-order valence-corrected chi connectivity index (χ1v) is 4.15. The first-order valence-electron chi connectivity index (χ1n) is 4.15. The molecule has 14 heavy (non-hydrogen) atoms. The van der Waals surface area contributed by atoms with Gasteiger partial charge in [-0.25, -0.2) is 13.8 Å². The number of methoxy groups -OCH3 is 1. The summed E-state index contributed by atoms with van der Waals surface area (Å²) >= 11 is 0. The lowest BCUT2D eigenvalue weighted by Gasteiger charge is -2.14. The largest absolute Gasteiger partial charge is 0.481 e. The van der Waals surface area contributed by atoms with Crippen LogP contribution in [0.5, 0.6) is 5.88 Å². The SMILES string of the molecule is COc1ncccc1CC(F)(F)CN. The fraction of sp³-hybridized carbons (Fsp3) is 0.444. The minimum Gasteiger partial charge on any atom is -0.481 e. The molecule has 0 aromatic carbocycles. The molecule has 1 rings (SSSR count). The zero-order chi connectivity index (χ0) is 10.6. The molecule has 0 amide bonds. The molecule has 0 radical (unpaired) electrons. The van der Waals surface area contributed by atoms with Crippen molar-refractivity contribution in [3.05, 3.63) is 23.9 Å². The number of pyridine rings is 1. The maximum atomic E-state index is 12.9. The summed E-state index contributed by atoms with van der Waals surface area (Å²) in [5.41, 5.74) is 5.30. The minimum atomic E-state index is -2.91. The van der Waals surface area contributed by atoms with Crippen molar-refractivity contribution in [1.29, 1.82) is 0 Å². The number of alkyl halides is 2. The van der Waals surface area contributed by atoms with E-state index >= 15 is 0 Å². The predicted molar refractivity (Wildman–Crippen MR) is 48.5 cm³/mol. The number of halogens is 2. The molecule has 0 fully saturated rings. The van der Waals surface area contributed by atoms with Gasteiger partial charge in [-0.3, -0.25) is 0 Å². The van der Waals surface area contributed by atoms with Crippen molar-refractivity contribution in [1.82, 2.24) is 4.98 Å². The normalized spacial score (nSPS) is 11.4. The van der Waals surface area contributed by atoms with Gasteiger partial charge in [-0.1, -0.05) is 6.07 Å². The molecule has 0 aliphatic rings. The molecule has 2 N–H and O–H groups in total. The first kappa shape index (κ1) is 10.8. The Kier molecular flexibility index (Phi) is 3.35. The molecule has 0 saturated carbocycles. The maximum Gasteiger partial charge on any atom is 0.264 e. The molecule has 3 nitrogen and oxygen atoms in total. The van der Waals surface area contributed by atoms with E-state index in [1.165, 1.54) is 13.3 Å². The Morgan fingerprint density at radius 2 is 2.29 bits per heavy atom. The van der Waals surface area contributed by atoms with Crippen LogP contribution in [0.15, 0.2) is 18.3 Å². The maximum absolute atomic E-state index is 12.9. The third-order valence-corrected chi connectivity index (χ3v) is 1.79. The highest BCUT2D eigenvalue weighted by molar-refractivity contribution is 5.26. The van der Waals surface area contributed by atoms with Crippen molar-refractivity contribution in [2.45, 2.75) is 12.3 Å². The number of rotatable bonds is 4. The summed E-state index contributed by atoms with van der Waals surface area (Å²) in [6.45, 7) is -0.676. The molecule has 0 spiro atoms. The molecule has 0 saturated heterocycles. The Morgan fingerprint density at radius 1 is 1.57 bits per heavy atom. The van der Waals surface area contributed by atoms with Gasteiger partial charge in [-0.05, 0) is 6.07 Å². The van der Waals surface area contributed by atoms with E-state index in [4.69, 9.17) is 10.5 Å². The Morgan fingerprint density at radius 3 is 2.86 bits per heavy atom. The van der Waals surface area contributed by atoms with Crippen LogP contribution in [-0.2, 0) is 6.42 Å². The number of hydrogen-bond acceptors (Lipinski definition) is 3. The van der Waals surface area contributed by atoms with Crippen molar-refractivity contribution in [2.24, 2.45) is 5.73 Å². The number of nitrogens with two attached hydrogens (primary N) is 1. The smallest absolute Gasteiger partial charge is 0.264 e. The first-order chi connectivity index (χ1) is 6.59. The van der Waals surface area contributed by atoms with Crippen molar-refractivity contribution in [3.8, 4) is 5.88 Å². The lowest BCUT2D eigenvalue weighted by atomic mass is 10.1. The predicted octanol–water partition coefficient (Wildman–Crippen LogP) is 1.23. The molecular formula is C9H12F2N2O.